The van der Waals surface area contributed by atoms with Crippen LogP contribution in [0, 0.1) is 0 Å². The van der Waals surface area contributed by atoms with Gasteiger partial charge >= 0.3 is 0 Å². The highest BCUT2D eigenvalue weighted by Gasteiger charge is 2.18. The Morgan fingerprint density at radius 1 is 1.21 bits per heavy atom. The van der Waals surface area contributed by atoms with Gasteiger partial charge in [0.15, 0.2) is 0 Å². The summed E-state index contributed by atoms with van der Waals surface area (Å²) in [6, 6.07) is 10.4. The Bertz CT molecular complexity index is 574. The smallest absolute Gasteiger partial charge is 0.118 e. The van der Waals surface area contributed by atoms with Crippen molar-refractivity contribution in [3.05, 3.63) is 53.0 Å². The fourth-order valence-corrected chi connectivity index (χ4v) is 2.72. The number of nitrogens with zero attached hydrogens (tertiary/aromatic N) is 1. The standard InChI is InChI=1S/C16H20N2O/c1-2-13-6-7-14(19-13)10-18-9-8-12-4-3-5-16(17)15(12)11-18/h3-7H,2,8-11,17H2,1H3. The van der Waals surface area contributed by atoms with E-state index in [2.05, 4.69) is 30.0 Å². The second-order valence-electron chi connectivity index (χ2n) is 5.17. The van der Waals surface area contributed by atoms with Crippen molar-refractivity contribution < 1.29 is 4.42 Å². The third kappa shape index (κ3) is 2.51. The highest BCUT2D eigenvalue weighted by Crippen LogP contribution is 2.25. The van der Waals surface area contributed by atoms with E-state index in [1.54, 1.807) is 0 Å². The molecule has 0 saturated heterocycles. The summed E-state index contributed by atoms with van der Waals surface area (Å²) in [5, 5.41) is 0. The van der Waals surface area contributed by atoms with E-state index in [-0.39, 0.29) is 0 Å². The van der Waals surface area contributed by atoms with Crippen molar-refractivity contribution in [2.24, 2.45) is 0 Å². The van der Waals surface area contributed by atoms with Gasteiger partial charge in [-0.1, -0.05) is 19.1 Å². The third-order valence-electron chi connectivity index (χ3n) is 3.83. The molecule has 0 radical (unpaired) electrons. The first-order valence-corrected chi connectivity index (χ1v) is 6.92. The van der Waals surface area contributed by atoms with E-state index in [0.717, 1.165) is 49.7 Å². The summed E-state index contributed by atoms with van der Waals surface area (Å²) in [4.78, 5) is 2.40. The number of anilines is 1. The van der Waals surface area contributed by atoms with Gasteiger partial charge in [-0.25, -0.2) is 0 Å². The zero-order valence-electron chi connectivity index (χ0n) is 11.4. The maximum Gasteiger partial charge on any atom is 0.118 e. The van der Waals surface area contributed by atoms with Crippen LogP contribution in [0.1, 0.15) is 29.6 Å². The van der Waals surface area contributed by atoms with E-state index in [9.17, 15) is 0 Å². The number of nitrogens with two attached hydrogens (primary N) is 1. The molecular formula is C16H20N2O. The number of aryl methyl sites for hydroxylation is 1. The SMILES string of the molecule is CCc1ccc(CN2CCc3cccc(N)c3C2)o1. The topological polar surface area (TPSA) is 42.4 Å². The molecule has 19 heavy (non-hydrogen) atoms. The Morgan fingerprint density at radius 3 is 2.84 bits per heavy atom. The molecule has 0 fully saturated rings. The van der Waals surface area contributed by atoms with E-state index in [1.807, 2.05) is 12.1 Å². The Balaban J connectivity index is 1.73. The zero-order chi connectivity index (χ0) is 13.2. The number of hydrogen-bond donors (Lipinski definition) is 1. The molecule has 2 N–H and O–H groups in total. The summed E-state index contributed by atoms with van der Waals surface area (Å²) in [6.07, 6.45) is 2.03. The van der Waals surface area contributed by atoms with Crippen LogP contribution in [-0.2, 0) is 25.9 Å². The minimum absolute atomic E-state index is 0.869. The third-order valence-corrected chi connectivity index (χ3v) is 3.83. The van der Waals surface area contributed by atoms with E-state index < -0.39 is 0 Å². The average molecular weight is 256 g/mol. The lowest BCUT2D eigenvalue weighted by Crippen LogP contribution is -2.30. The van der Waals surface area contributed by atoms with Gasteiger partial charge in [-0.05, 0) is 35.7 Å². The summed E-state index contributed by atoms with van der Waals surface area (Å²) in [5.74, 6) is 2.11. The summed E-state index contributed by atoms with van der Waals surface area (Å²) in [7, 11) is 0. The van der Waals surface area contributed by atoms with Crippen molar-refractivity contribution in [1.29, 1.82) is 0 Å². The van der Waals surface area contributed by atoms with Crippen LogP contribution >= 0.6 is 0 Å². The Hall–Kier alpha value is -1.74. The molecule has 0 bridgehead atoms. The quantitative estimate of drug-likeness (QED) is 0.858. The molecule has 3 nitrogen and oxygen atoms in total. The second-order valence-corrected chi connectivity index (χ2v) is 5.17. The molecule has 2 aromatic rings. The lowest BCUT2D eigenvalue weighted by molar-refractivity contribution is 0.224. The first-order valence-electron chi connectivity index (χ1n) is 6.92. The molecule has 3 heteroatoms. The summed E-state index contributed by atoms with van der Waals surface area (Å²) < 4.78 is 5.78. The molecule has 1 aromatic carbocycles. The molecule has 0 amide bonds. The monoisotopic (exact) mass is 256 g/mol. The second kappa shape index (κ2) is 5.10. The molecule has 2 heterocycles. The van der Waals surface area contributed by atoms with E-state index in [0.29, 0.717) is 0 Å². The minimum atomic E-state index is 0.869. The van der Waals surface area contributed by atoms with Gasteiger partial charge in [0.25, 0.3) is 0 Å². The van der Waals surface area contributed by atoms with Gasteiger partial charge in [0.1, 0.15) is 11.5 Å². The van der Waals surface area contributed by atoms with Gasteiger partial charge in [-0.15, -0.1) is 0 Å². The first kappa shape index (κ1) is 12.3. The summed E-state index contributed by atoms with van der Waals surface area (Å²) in [5.41, 5.74) is 9.67. The van der Waals surface area contributed by atoms with Gasteiger partial charge < -0.3 is 10.2 Å². The Morgan fingerprint density at radius 2 is 2.05 bits per heavy atom. The minimum Gasteiger partial charge on any atom is -0.465 e. The number of fused-ring (bicyclic) bond motifs is 1. The van der Waals surface area contributed by atoms with Crippen LogP contribution in [-0.4, -0.2) is 11.4 Å². The lowest BCUT2D eigenvalue weighted by atomic mass is 9.98. The fourth-order valence-electron chi connectivity index (χ4n) is 2.72. The Labute approximate surface area is 114 Å². The van der Waals surface area contributed by atoms with Crippen LogP contribution < -0.4 is 5.73 Å². The van der Waals surface area contributed by atoms with Gasteiger partial charge in [-0.2, -0.15) is 0 Å². The van der Waals surface area contributed by atoms with Gasteiger partial charge in [-0.3, -0.25) is 4.90 Å². The molecule has 3 rings (SSSR count). The molecule has 1 aromatic heterocycles. The van der Waals surface area contributed by atoms with E-state index >= 15 is 0 Å². The molecule has 100 valence electrons. The molecule has 0 unspecified atom stereocenters. The maximum atomic E-state index is 6.07. The van der Waals surface area contributed by atoms with Crippen LogP contribution in [0.3, 0.4) is 0 Å². The molecular weight excluding hydrogens is 236 g/mol. The number of benzene rings is 1. The van der Waals surface area contributed by atoms with Gasteiger partial charge in [0, 0.05) is 25.2 Å². The number of hydrogen-bond acceptors (Lipinski definition) is 3. The highest BCUT2D eigenvalue weighted by molar-refractivity contribution is 5.51. The predicted octanol–water partition coefficient (Wildman–Crippen LogP) is 2.98. The summed E-state index contributed by atoms with van der Waals surface area (Å²) in [6.45, 7) is 4.97. The largest absolute Gasteiger partial charge is 0.465 e. The van der Waals surface area contributed by atoms with Gasteiger partial charge in [0.05, 0.1) is 6.54 Å². The fraction of sp³-hybridized carbons (Fsp3) is 0.375. The van der Waals surface area contributed by atoms with Crippen molar-refractivity contribution in [2.45, 2.75) is 32.9 Å². The Kier molecular flexibility index (Phi) is 3.30. The molecule has 1 aliphatic heterocycles. The van der Waals surface area contributed by atoms with Crippen LogP contribution in [0.5, 0.6) is 0 Å². The summed E-state index contributed by atoms with van der Waals surface area (Å²) >= 11 is 0. The highest BCUT2D eigenvalue weighted by atomic mass is 16.3. The van der Waals surface area contributed by atoms with E-state index in [4.69, 9.17) is 10.2 Å². The average Bonchev–Trinajstić information content (AvgIpc) is 2.87. The first-order chi connectivity index (χ1) is 9.26. The van der Waals surface area contributed by atoms with Crippen molar-refractivity contribution in [3.63, 3.8) is 0 Å². The van der Waals surface area contributed by atoms with Gasteiger partial charge in [0.2, 0.25) is 0 Å². The lowest BCUT2D eigenvalue weighted by Gasteiger charge is -2.28. The number of rotatable bonds is 3. The molecule has 1 aliphatic rings. The van der Waals surface area contributed by atoms with E-state index in [1.165, 1.54) is 11.1 Å². The van der Waals surface area contributed by atoms with Crippen LogP contribution in [0.25, 0.3) is 0 Å². The van der Waals surface area contributed by atoms with Crippen molar-refractivity contribution in [1.82, 2.24) is 4.90 Å². The van der Waals surface area contributed by atoms with Crippen LogP contribution in [0.15, 0.2) is 34.7 Å². The van der Waals surface area contributed by atoms with Crippen molar-refractivity contribution >= 4 is 5.69 Å². The predicted molar refractivity (Wildman–Crippen MR) is 76.8 cm³/mol. The molecule has 0 spiro atoms. The molecule has 0 saturated carbocycles. The van der Waals surface area contributed by atoms with Crippen LogP contribution in [0.4, 0.5) is 5.69 Å². The van der Waals surface area contributed by atoms with Crippen molar-refractivity contribution in [2.75, 3.05) is 12.3 Å². The normalized spacial score (nSPS) is 15.4. The number of furan rings is 1. The van der Waals surface area contributed by atoms with Crippen LogP contribution in [0.2, 0.25) is 0 Å². The molecule has 0 atom stereocenters. The van der Waals surface area contributed by atoms with Crippen molar-refractivity contribution in [3.8, 4) is 0 Å². The maximum absolute atomic E-state index is 6.07. The number of nitrogen functional groups attached to an aromatic ring is 1. The zero-order valence-corrected chi connectivity index (χ0v) is 11.4. The molecule has 0 aliphatic carbocycles.